The predicted octanol–water partition coefficient (Wildman–Crippen LogP) is 1.67. The number of para-hydroxylation sites is 1. The number of amides is 4. The summed E-state index contributed by atoms with van der Waals surface area (Å²) in [5.74, 6) is -1.24. The summed E-state index contributed by atoms with van der Waals surface area (Å²) in [6, 6.07) is 10.5. The lowest BCUT2D eigenvalue weighted by Gasteiger charge is -2.28. The van der Waals surface area contributed by atoms with Crippen LogP contribution in [0.2, 0.25) is 0 Å². The van der Waals surface area contributed by atoms with E-state index in [0.717, 1.165) is 20.7 Å². The lowest BCUT2D eigenvalue weighted by Crippen LogP contribution is -2.52. The van der Waals surface area contributed by atoms with E-state index in [-0.39, 0.29) is 5.57 Å². The molecule has 1 aliphatic rings. The Morgan fingerprint density at radius 2 is 1.55 bits per heavy atom. The molecule has 1 aliphatic heterocycles. The fourth-order valence-corrected chi connectivity index (χ4v) is 2.29. The van der Waals surface area contributed by atoms with Crippen molar-refractivity contribution in [3.63, 3.8) is 0 Å². The van der Waals surface area contributed by atoms with Gasteiger partial charge in [-0.25, -0.2) is 9.78 Å². The summed E-state index contributed by atoms with van der Waals surface area (Å²) in [6.45, 7) is 0. The average molecular weight is 295 g/mol. The summed E-state index contributed by atoms with van der Waals surface area (Å²) < 4.78 is 0. The quantitative estimate of drug-likeness (QED) is 0.592. The number of carbonyl (C=O) groups excluding carboxylic acids is 3. The van der Waals surface area contributed by atoms with Gasteiger partial charge in [-0.3, -0.25) is 19.4 Å². The van der Waals surface area contributed by atoms with Crippen LogP contribution >= 0.6 is 0 Å². The Bertz CT molecular complexity index is 815. The van der Waals surface area contributed by atoms with Crippen LogP contribution in [0.1, 0.15) is 5.69 Å². The number of pyridine rings is 1. The van der Waals surface area contributed by atoms with Gasteiger partial charge >= 0.3 is 6.03 Å². The monoisotopic (exact) mass is 295 g/mol. The van der Waals surface area contributed by atoms with E-state index < -0.39 is 17.8 Å². The highest BCUT2D eigenvalue weighted by atomic mass is 16.2. The van der Waals surface area contributed by atoms with Crippen LogP contribution in [0.4, 0.5) is 4.79 Å². The Morgan fingerprint density at radius 1 is 0.909 bits per heavy atom. The second-order valence-corrected chi connectivity index (χ2v) is 5.00. The SMILES string of the molecule is CN1C(=O)C(=Cc2ccc3ccccc3n2)C(=O)N(C)C1=O. The van der Waals surface area contributed by atoms with Gasteiger partial charge in [-0.05, 0) is 18.2 Å². The van der Waals surface area contributed by atoms with Crippen molar-refractivity contribution in [1.82, 2.24) is 14.8 Å². The normalized spacial score (nSPS) is 15.7. The van der Waals surface area contributed by atoms with Crippen LogP contribution < -0.4 is 0 Å². The van der Waals surface area contributed by atoms with Crippen LogP contribution in [0.25, 0.3) is 17.0 Å². The lowest BCUT2D eigenvalue weighted by molar-refractivity contribution is -0.134. The summed E-state index contributed by atoms with van der Waals surface area (Å²) in [4.78, 5) is 42.2. The maximum Gasteiger partial charge on any atom is 0.333 e. The van der Waals surface area contributed by atoms with Crippen LogP contribution in [0, 0.1) is 0 Å². The van der Waals surface area contributed by atoms with Gasteiger partial charge in [0.25, 0.3) is 11.8 Å². The first-order chi connectivity index (χ1) is 10.5. The molecule has 0 bridgehead atoms. The molecule has 4 amide bonds. The highest BCUT2D eigenvalue weighted by Gasteiger charge is 2.37. The third-order valence-corrected chi connectivity index (χ3v) is 3.56. The Labute approximate surface area is 126 Å². The molecule has 0 spiro atoms. The molecule has 110 valence electrons. The second kappa shape index (κ2) is 5.07. The van der Waals surface area contributed by atoms with Crippen molar-refractivity contribution in [2.24, 2.45) is 0 Å². The number of hydrogen-bond acceptors (Lipinski definition) is 4. The largest absolute Gasteiger partial charge is 0.333 e. The van der Waals surface area contributed by atoms with Crippen molar-refractivity contribution in [3.8, 4) is 0 Å². The minimum atomic E-state index is -0.640. The second-order valence-electron chi connectivity index (χ2n) is 5.00. The molecule has 22 heavy (non-hydrogen) atoms. The standard InChI is InChI=1S/C16H13N3O3/c1-18-14(20)12(15(21)19(2)16(18)22)9-11-8-7-10-5-3-4-6-13(10)17-11/h3-9H,1-2H3. The molecule has 0 atom stereocenters. The molecule has 1 saturated heterocycles. The van der Waals surface area contributed by atoms with E-state index in [1.165, 1.54) is 20.2 Å². The maximum absolute atomic E-state index is 12.1. The van der Waals surface area contributed by atoms with Gasteiger partial charge in [-0.1, -0.05) is 24.3 Å². The number of hydrogen-bond donors (Lipinski definition) is 0. The third-order valence-electron chi connectivity index (χ3n) is 3.56. The molecule has 3 rings (SSSR count). The maximum atomic E-state index is 12.1. The summed E-state index contributed by atoms with van der Waals surface area (Å²) in [7, 11) is 2.69. The first-order valence-electron chi connectivity index (χ1n) is 6.66. The first-order valence-corrected chi connectivity index (χ1v) is 6.66. The number of fused-ring (bicyclic) bond motifs is 1. The van der Waals surface area contributed by atoms with E-state index in [1.54, 1.807) is 6.07 Å². The Morgan fingerprint density at radius 3 is 2.23 bits per heavy atom. The molecule has 0 unspecified atom stereocenters. The Hall–Kier alpha value is -3.02. The van der Waals surface area contributed by atoms with E-state index >= 15 is 0 Å². The van der Waals surface area contributed by atoms with Crippen LogP contribution in [-0.2, 0) is 9.59 Å². The average Bonchev–Trinajstić information content (AvgIpc) is 2.55. The summed E-state index contributed by atoms with van der Waals surface area (Å²) in [5, 5.41) is 0.968. The molecule has 6 nitrogen and oxygen atoms in total. The van der Waals surface area contributed by atoms with Gasteiger partial charge in [-0.2, -0.15) is 0 Å². The lowest BCUT2D eigenvalue weighted by atomic mass is 10.1. The molecule has 2 aromatic rings. The van der Waals surface area contributed by atoms with Gasteiger partial charge in [0.15, 0.2) is 0 Å². The molecular formula is C16H13N3O3. The molecule has 0 saturated carbocycles. The van der Waals surface area contributed by atoms with Gasteiger partial charge in [-0.15, -0.1) is 0 Å². The molecule has 2 heterocycles. The zero-order chi connectivity index (χ0) is 15.9. The number of aromatic nitrogens is 1. The number of benzene rings is 1. The van der Waals surface area contributed by atoms with Gasteiger partial charge < -0.3 is 0 Å². The van der Waals surface area contributed by atoms with Crippen LogP contribution in [0.5, 0.6) is 0 Å². The Kier molecular flexibility index (Phi) is 3.21. The highest BCUT2D eigenvalue weighted by Crippen LogP contribution is 2.18. The zero-order valence-electron chi connectivity index (χ0n) is 12.1. The summed E-state index contributed by atoms with van der Waals surface area (Å²) >= 11 is 0. The number of imide groups is 2. The summed E-state index contributed by atoms with van der Waals surface area (Å²) in [6.07, 6.45) is 1.41. The van der Waals surface area contributed by atoms with Gasteiger partial charge in [0.05, 0.1) is 11.2 Å². The van der Waals surface area contributed by atoms with Crippen LogP contribution in [0.15, 0.2) is 42.0 Å². The van der Waals surface area contributed by atoms with Gasteiger partial charge in [0.2, 0.25) is 0 Å². The topological polar surface area (TPSA) is 70.6 Å². The fourth-order valence-electron chi connectivity index (χ4n) is 2.29. The first kappa shape index (κ1) is 13.9. The van der Waals surface area contributed by atoms with E-state index in [2.05, 4.69) is 4.98 Å². The van der Waals surface area contributed by atoms with Crippen molar-refractivity contribution < 1.29 is 14.4 Å². The van der Waals surface area contributed by atoms with Crippen molar-refractivity contribution >= 4 is 34.8 Å². The van der Waals surface area contributed by atoms with Crippen molar-refractivity contribution in [3.05, 3.63) is 47.7 Å². The highest BCUT2D eigenvalue weighted by molar-refractivity contribution is 6.30. The van der Waals surface area contributed by atoms with E-state index in [1.807, 2.05) is 30.3 Å². The molecule has 1 fully saturated rings. The number of barbiturate groups is 1. The van der Waals surface area contributed by atoms with Gasteiger partial charge in [0, 0.05) is 19.5 Å². The van der Waals surface area contributed by atoms with Crippen molar-refractivity contribution in [1.29, 1.82) is 0 Å². The number of likely N-dealkylation sites (N-methyl/N-ethyl adjacent to an activating group) is 2. The van der Waals surface area contributed by atoms with Crippen molar-refractivity contribution in [2.75, 3.05) is 14.1 Å². The molecule has 1 aromatic carbocycles. The number of urea groups is 1. The number of rotatable bonds is 1. The predicted molar refractivity (Wildman–Crippen MR) is 80.7 cm³/mol. The number of nitrogens with zero attached hydrogens (tertiary/aromatic N) is 3. The minimum Gasteiger partial charge on any atom is -0.268 e. The minimum absolute atomic E-state index is 0.0765. The molecule has 0 N–H and O–H groups in total. The van der Waals surface area contributed by atoms with Crippen LogP contribution in [-0.4, -0.2) is 46.7 Å². The van der Waals surface area contributed by atoms with E-state index in [9.17, 15) is 14.4 Å². The van der Waals surface area contributed by atoms with E-state index in [0.29, 0.717) is 5.69 Å². The summed E-state index contributed by atoms with van der Waals surface area (Å²) in [5.41, 5.74) is 1.18. The number of carbonyl (C=O) groups is 3. The zero-order valence-corrected chi connectivity index (χ0v) is 12.1. The molecular weight excluding hydrogens is 282 g/mol. The van der Waals surface area contributed by atoms with Crippen molar-refractivity contribution in [2.45, 2.75) is 0 Å². The smallest absolute Gasteiger partial charge is 0.268 e. The Balaban J connectivity index is 2.06. The van der Waals surface area contributed by atoms with Gasteiger partial charge in [0.1, 0.15) is 5.57 Å². The molecule has 0 radical (unpaired) electrons. The molecule has 1 aromatic heterocycles. The molecule has 6 heteroatoms. The van der Waals surface area contributed by atoms with E-state index in [4.69, 9.17) is 0 Å². The van der Waals surface area contributed by atoms with Crippen LogP contribution in [0.3, 0.4) is 0 Å². The molecule has 0 aliphatic carbocycles. The fraction of sp³-hybridized carbons (Fsp3) is 0.125. The third kappa shape index (κ3) is 2.14.